The quantitative estimate of drug-likeness (QED) is 0.796. The first-order valence-corrected chi connectivity index (χ1v) is 7.18. The van der Waals surface area contributed by atoms with Crippen LogP contribution in [0.4, 0.5) is 5.82 Å². The molecule has 0 bridgehead atoms. The van der Waals surface area contributed by atoms with Gasteiger partial charge in [-0.25, -0.2) is 4.98 Å². The number of rotatable bonds is 3. The summed E-state index contributed by atoms with van der Waals surface area (Å²) in [5, 5.41) is 0. The minimum Gasteiger partial charge on any atom is -0.383 e. The van der Waals surface area contributed by atoms with Crippen LogP contribution in [0, 0.1) is 0 Å². The largest absolute Gasteiger partial charge is 0.383 e. The maximum atomic E-state index is 6.39. The van der Waals surface area contributed by atoms with Crippen LogP contribution in [0.15, 0.2) is 54.9 Å². The zero-order valence-electron chi connectivity index (χ0n) is 11.6. The van der Waals surface area contributed by atoms with Gasteiger partial charge >= 0.3 is 0 Å². The second kappa shape index (κ2) is 4.74. The third-order valence-corrected chi connectivity index (χ3v) is 3.83. The van der Waals surface area contributed by atoms with Gasteiger partial charge in [-0.3, -0.25) is 4.98 Å². The molecular weight excluding hydrogens is 260 g/mol. The van der Waals surface area contributed by atoms with Crippen molar-refractivity contribution in [1.82, 2.24) is 14.5 Å². The molecule has 4 rings (SSSR count). The van der Waals surface area contributed by atoms with Crippen molar-refractivity contribution in [3.05, 3.63) is 54.9 Å². The van der Waals surface area contributed by atoms with Gasteiger partial charge in [0, 0.05) is 29.6 Å². The molecule has 0 amide bonds. The van der Waals surface area contributed by atoms with E-state index in [1.54, 1.807) is 6.20 Å². The fraction of sp³-hybridized carbons (Fsp3) is 0.176. The van der Waals surface area contributed by atoms with Crippen molar-refractivity contribution in [2.75, 3.05) is 5.73 Å². The molecule has 1 aliphatic carbocycles. The Morgan fingerprint density at radius 1 is 1.00 bits per heavy atom. The van der Waals surface area contributed by atoms with Gasteiger partial charge in [0.15, 0.2) is 0 Å². The van der Waals surface area contributed by atoms with Crippen molar-refractivity contribution in [2.45, 2.75) is 18.9 Å². The molecule has 104 valence electrons. The second-order valence-corrected chi connectivity index (χ2v) is 5.38. The van der Waals surface area contributed by atoms with Gasteiger partial charge < -0.3 is 10.3 Å². The maximum Gasteiger partial charge on any atom is 0.142 e. The van der Waals surface area contributed by atoms with Crippen LogP contribution in [0.1, 0.15) is 18.9 Å². The average molecular weight is 276 g/mol. The van der Waals surface area contributed by atoms with Crippen LogP contribution >= 0.6 is 0 Å². The summed E-state index contributed by atoms with van der Waals surface area (Å²) in [4.78, 5) is 8.98. The highest BCUT2D eigenvalue weighted by molar-refractivity contribution is 5.75. The fourth-order valence-electron chi connectivity index (χ4n) is 2.65. The number of pyridine rings is 1. The van der Waals surface area contributed by atoms with Crippen LogP contribution in [0.2, 0.25) is 0 Å². The van der Waals surface area contributed by atoms with Crippen LogP contribution < -0.4 is 5.73 Å². The summed E-state index contributed by atoms with van der Waals surface area (Å²) >= 11 is 0. The molecule has 3 aromatic rings. The van der Waals surface area contributed by atoms with Gasteiger partial charge in [-0.15, -0.1) is 0 Å². The van der Waals surface area contributed by atoms with Crippen LogP contribution in [-0.2, 0) is 0 Å². The summed E-state index contributed by atoms with van der Waals surface area (Å²) in [5.41, 5.74) is 9.28. The van der Waals surface area contributed by atoms with Gasteiger partial charge in [-0.05, 0) is 25.0 Å². The molecule has 2 N–H and O–H groups in total. The molecule has 4 nitrogen and oxygen atoms in total. The molecule has 1 saturated carbocycles. The maximum absolute atomic E-state index is 6.39. The van der Waals surface area contributed by atoms with Gasteiger partial charge in [0.05, 0.1) is 0 Å². The predicted molar refractivity (Wildman–Crippen MR) is 83.6 cm³/mol. The summed E-state index contributed by atoms with van der Waals surface area (Å²) in [7, 11) is 0. The number of hydrogen-bond donors (Lipinski definition) is 1. The number of anilines is 1. The Morgan fingerprint density at radius 2 is 1.76 bits per heavy atom. The zero-order chi connectivity index (χ0) is 14.2. The third-order valence-electron chi connectivity index (χ3n) is 3.83. The van der Waals surface area contributed by atoms with Crippen molar-refractivity contribution < 1.29 is 0 Å². The van der Waals surface area contributed by atoms with Crippen LogP contribution in [0.25, 0.3) is 22.6 Å². The number of aromatic nitrogens is 3. The Balaban J connectivity index is 1.91. The first kappa shape index (κ1) is 12.1. The molecule has 0 saturated heterocycles. The molecule has 4 heteroatoms. The van der Waals surface area contributed by atoms with Crippen LogP contribution in [0.3, 0.4) is 0 Å². The zero-order valence-corrected chi connectivity index (χ0v) is 11.6. The van der Waals surface area contributed by atoms with Crippen LogP contribution in [0.5, 0.6) is 0 Å². The topological polar surface area (TPSA) is 56.7 Å². The highest BCUT2D eigenvalue weighted by Crippen LogP contribution is 2.43. The molecule has 2 aromatic heterocycles. The van der Waals surface area contributed by atoms with Crippen molar-refractivity contribution in [2.24, 2.45) is 0 Å². The summed E-state index contributed by atoms with van der Waals surface area (Å²) in [5.74, 6) is 1.69. The van der Waals surface area contributed by atoms with E-state index in [0.29, 0.717) is 6.04 Å². The van der Waals surface area contributed by atoms with E-state index in [1.807, 2.05) is 36.5 Å². The molecule has 1 aromatic carbocycles. The van der Waals surface area contributed by atoms with Gasteiger partial charge in [0.2, 0.25) is 0 Å². The number of nitrogens with two attached hydrogens (primary N) is 1. The molecule has 0 spiro atoms. The minimum absolute atomic E-state index is 0.484. The van der Waals surface area contributed by atoms with Crippen molar-refractivity contribution >= 4 is 5.82 Å². The minimum atomic E-state index is 0.484. The third kappa shape index (κ3) is 2.09. The summed E-state index contributed by atoms with van der Waals surface area (Å²) in [6.07, 6.45) is 5.92. The number of hydrogen-bond acceptors (Lipinski definition) is 3. The lowest BCUT2D eigenvalue weighted by Crippen LogP contribution is -2.02. The SMILES string of the molecule is Nc1c(-c2cccnc2)nc(-c2ccccc2)n1C1CC1. The number of benzene rings is 1. The fourth-order valence-corrected chi connectivity index (χ4v) is 2.65. The Labute approximate surface area is 123 Å². The van der Waals surface area contributed by atoms with E-state index in [-0.39, 0.29) is 0 Å². The Morgan fingerprint density at radius 3 is 2.43 bits per heavy atom. The molecule has 0 radical (unpaired) electrons. The van der Waals surface area contributed by atoms with Crippen molar-refractivity contribution in [3.8, 4) is 22.6 Å². The lowest BCUT2D eigenvalue weighted by molar-refractivity contribution is 0.760. The summed E-state index contributed by atoms with van der Waals surface area (Å²) in [6, 6.07) is 14.6. The van der Waals surface area contributed by atoms with E-state index in [2.05, 4.69) is 21.7 Å². The molecule has 21 heavy (non-hydrogen) atoms. The van der Waals surface area contributed by atoms with E-state index in [4.69, 9.17) is 10.7 Å². The van der Waals surface area contributed by atoms with Crippen LogP contribution in [-0.4, -0.2) is 14.5 Å². The van der Waals surface area contributed by atoms with E-state index in [0.717, 1.165) is 28.5 Å². The highest BCUT2D eigenvalue weighted by Gasteiger charge is 2.30. The molecule has 1 fully saturated rings. The lowest BCUT2D eigenvalue weighted by Gasteiger charge is -2.08. The number of nitrogens with zero attached hydrogens (tertiary/aromatic N) is 3. The lowest BCUT2D eigenvalue weighted by atomic mass is 10.2. The smallest absolute Gasteiger partial charge is 0.142 e. The van der Waals surface area contributed by atoms with E-state index < -0.39 is 0 Å². The first-order chi connectivity index (χ1) is 10.3. The Kier molecular flexibility index (Phi) is 2.74. The van der Waals surface area contributed by atoms with Gasteiger partial charge in [-0.2, -0.15) is 0 Å². The predicted octanol–water partition coefficient (Wildman–Crippen LogP) is 3.53. The van der Waals surface area contributed by atoms with Gasteiger partial charge in [-0.1, -0.05) is 30.3 Å². The van der Waals surface area contributed by atoms with E-state index >= 15 is 0 Å². The van der Waals surface area contributed by atoms with E-state index in [9.17, 15) is 0 Å². The van der Waals surface area contributed by atoms with Gasteiger partial charge in [0.25, 0.3) is 0 Å². The van der Waals surface area contributed by atoms with Gasteiger partial charge in [0.1, 0.15) is 17.3 Å². The Bertz CT molecular complexity index is 758. The number of nitrogen functional groups attached to an aromatic ring is 1. The summed E-state index contributed by atoms with van der Waals surface area (Å²) < 4.78 is 2.18. The van der Waals surface area contributed by atoms with E-state index in [1.165, 1.54) is 12.8 Å². The molecular formula is C17H16N4. The number of imidazole rings is 1. The summed E-state index contributed by atoms with van der Waals surface area (Å²) in [6.45, 7) is 0. The standard InChI is InChI=1S/C17H16N4/c18-16-15(13-7-4-10-19-11-13)20-17(21(16)14-8-9-14)12-5-2-1-3-6-12/h1-7,10-11,14H,8-9,18H2. The molecule has 0 atom stereocenters. The molecule has 2 heterocycles. The second-order valence-electron chi connectivity index (χ2n) is 5.38. The molecule has 0 unspecified atom stereocenters. The highest BCUT2D eigenvalue weighted by atomic mass is 15.2. The first-order valence-electron chi connectivity index (χ1n) is 7.18. The molecule has 1 aliphatic rings. The van der Waals surface area contributed by atoms with Crippen molar-refractivity contribution in [3.63, 3.8) is 0 Å². The van der Waals surface area contributed by atoms with Crippen molar-refractivity contribution in [1.29, 1.82) is 0 Å². The monoisotopic (exact) mass is 276 g/mol. The average Bonchev–Trinajstić information content (AvgIpc) is 3.32. The normalized spacial score (nSPS) is 14.3. The molecule has 0 aliphatic heterocycles. The Hall–Kier alpha value is -2.62.